The van der Waals surface area contributed by atoms with Gasteiger partial charge >= 0.3 is 0 Å². The number of rotatable bonds is 4. The molecule has 0 bridgehead atoms. The molecular formula is C17H19N3S. The van der Waals surface area contributed by atoms with Gasteiger partial charge in [-0.25, -0.2) is 0 Å². The average molecular weight is 297 g/mol. The Hall–Kier alpha value is -1.70. The molecular weight excluding hydrogens is 278 g/mol. The van der Waals surface area contributed by atoms with E-state index in [0.29, 0.717) is 0 Å². The highest BCUT2D eigenvalue weighted by atomic mass is 32.2. The molecule has 0 atom stereocenters. The minimum atomic E-state index is 0.740. The number of nitrogens with one attached hydrogen (secondary N) is 1. The lowest BCUT2D eigenvalue weighted by Crippen LogP contribution is -2.36. The first-order chi connectivity index (χ1) is 10.4. The summed E-state index contributed by atoms with van der Waals surface area (Å²) in [6.07, 6.45) is 0. The van der Waals surface area contributed by atoms with E-state index in [2.05, 4.69) is 22.4 Å². The number of hydrogen-bond donors (Lipinski definition) is 1. The molecule has 2 aromatic carbocycles. The molecule has 0 aromatic heterocycles. The summed E-state index contributed by atoms with van der Waals surface area (Å²) in [5.41, 5.74) is 1.86. The highest BCUT2D eigenvalue weighted by Crippen LogP contribution is 2.26. The topological polar surface area (TPSA) is 39.1 Å². The van der Waals surface area contributed by atoms with Crippen LogP contribution in [0.3, 0.4) is 0 Å². The van der Waals surface area contributed by atoms with Crippen LogP contribution in [-0.2, 0) is 0 Å². The molecule has 0 spiro atoms. The second-order valence-corrected chi connectivity index (χ2v) is 6.42. The first-order valence-corrected chi connectivity index (χ1v) is 8.50. The van der Waals surface area contributed by atoms with E-state index in [1.165, 1.54) is 24.6 Å². The number of fused-ring (bicyclic) bond motifs is 1. The first-order valence-electron chi connectivity index (χ1n) is 7.34. The predicted molar refractivity (Wildman–Crippen MR) is 90.9 cm³/mol. The minimum Gasteiger partial charge on any atom is -0.383 e. The SMILES string of the molecule is N#Cc1ccc(NCCN2CCSCC2)c2ccccc12. The molecule has 2 aromatic rings. The lowest BCUT2D eigenvalue weighted by Gasteiger charge is -2.26. The van der Waals surface area contributed by atoms with Crippen molar-refractivity contribution in [2.45, 2.75) is 0 Å². The van der Waals surface area contributed by atoms with Crippen LogP contribution in [0.25, 0.3) is 10.8 Å². The number of benzene rings is 2. The van der Waals surface area contributed by atoms with E-state index in [9.17, 15) is 5.26 Å². The van der Waals surface area contributed by atoms with Crippen molar-refractivity contribution in [3.63, 3.8) is 0 Å². The van der Waals surface area contributed by atoms with Gasteiger partial charge in [0.1, 0.15) is 0 Å². The Labute approximate surface area is 129 Å². The van der Waals surface area contributed by atoms with Gasteiger partial charge in [0, 0.05) is 54.1 Å². The fourth-order valence-corrected chi connectivity index (χ4v) is 3.70. The average Bonchev–Trinajstić information content (AvgIpc) is 2.56. The van der Waals surface area contributed by atoms with Gasteiger partial charge in [-0.05, 0) is 12.1 Å². The maximum atomic E-state index is 9.19. The Bertz CT molecular complexity index is 657. The monoisotopic (exact) mass is 297 g/mol. The van der Waals surface area contributed by atoms with E-state index >= 15 is 0 Å². The van der Waals surface area contributed by atoms with Crippen LogP contribution in [0.5, 0.6) is 0 Å². The quantitative estimate of drug-likeness (QED) is 0.941. The molecule has 0 saturated carbocycles. The van der Waals surface area contributed by atoms with Crippen LogP contribution < -0.4 is 5.32 Å². The Balaban J connectivity index is 1.71. The van der Waals surface area contributed by atoms with Crippen molar-refractivity contribution in [2.24, 2.45) is 0 Å². The van der Waals surface area contributed by atoms with E-state index < -0.39 is 0 Å². The molecule has 0 aliphatic carbocycles. The van der Waals surface area contributed by atoms with Gasteiger partial charge in [0.15, 0.2) is 0 Å². The molecule has 0 amide bonds. The fraction of sp³-hybridized carbons (Fsp3) is 0.353. The Morgan fingerprint density at radius 3 is 2.62 bits per heavy atom. The van der Waals surface area contributed by atoms with Crippen molar-refractivity contribution in [2.75, 3.05) is 43.0 Å². The predicted octanol–water partition coefficient (Wildman–Crippen LogP) is 3.17. The van der Waals surface area contributed by atoms with E-state index in [1.54, 1.807) is 0 Å². The molecule has 1 fully saturated rings. The second-order valence-electron chi connectivity index (χ2n) is 5.20. The second kappa shape index (κ2) is 6.84. The van der Waals surface area contributed by atoms with Gasteiger partial charge in [0.25, 0.3) is 0 Å². The standard InChI is InChI=1S/C17H19N3S/c18-13-14-5-6-17(16-4-2-1-3-15(14)16)19-7-8-20-9-11-21-12-10-20/h1-6,19H,7-12H2. The smallest absolute Gasteiger partial charge is 0.0998 e. The van der Waals surface area contributed by atoms with Crippen molar-refractivity contribution < 1.29 is 0 Å². The van der Waals surface area contributed by atoms with Crippen LogP contribution >= 0.6 is 11.8 Å². The molecule has 1 heterocycles. The Morgan fingerprint density at radius 1 is 1.10 bits per heavy atom. The van der Waals surface area contributed by atoms with Gasteiger partial charge in [0.05, 0.1) is 11.6 Å². The summed E-state index contributed by atoms with van der Waals surface area (Å²) < 4.78 is 0. The number of nitrogens with zero attached hydrogens (tertiary/aromatic N) is 2. The van der Waals surface area contributed by atoms with Crippen LogP contribution in [0, 0.1) is 11.3 Å². The lowest BCUT2D eigenvalue weighted by molar-refractivity contribution is 0.314. The minimum absolute atomic E-state index is 0.740. The maximum Gasteiger partial charge on any atom is 0.0998 e. The summed E-state index contributed by atoms with van der Waals surface area (Å²) >= 11 is 2.04. The zero-order chi connectivity index (χ0) is 14.5. The summed E-state index contributed by atoms with van der Waals surface area (Å²) in [7, 11) is 0. The van der Waals surface area contributed by atoms with E-state index in [-0.39, 0.29) is 0 Å². The highest BCUT2D eigenvalue weighted by Gasteiger charge is 2.10. The zero-order valence-corrected chi connectivity index (χ0v) is 12.8. The molecule has 0 radical (unpaired) electrons. The normalized spacial score (nSPS) is 15.8. The molecule has 1 aliphatic heterocycles. The molecule has 0 unspecified atom stereocenters. The lowest BCUT2D eigenvalue weighted by atomic mass is 10.0. The van der Waals surface area contributed by atoms with Gasteiger partial charge in [0.2, 0.25) is 0 Å². The highest BCUT2D eigenvalue weighted by molar-refractivity contribution is 7.99. The van der Waals surface area contributed by atoms with Crippen LogP contribution in [0.1, 0.15) is 5.56 Å². The van der Waals surface area contributed by atoms with E-state index in [1.807, 2.05) is 42.1 Å². The summed E-state index contributed by atoms with van der Waals surface area (Å²) in [6, 6.07) is 14.3. The third kappa shape index (κ3) is 3.31. The summed E-state index contributed by atoms with van der Waals surface area (Å²) in [5, 5.41) is 14.9. The number of anilines is 1. The van der Waals surface area contributed by atoms with Gasteiger partial charge in [-0.1, -0.05) is 24.3 Å². The van der Waals surface area contributed by atoms with Crippen molar-refractivity contribution >= 4 is 28.2 Å². The third-order valence-electron chi connectivity index (χ3n) is 3.89. The summed E-state index contributed by atoms with van der Waals surface area (Å²) in [4.78, 5) is 2.51. The summed E-state index contributed by atoms with van der Waals surface area (Å²) in [5.74, 6) is 2.50. The Kier molecular flexibility index (Phi) is 4.64. The molecule has 108 valence electrons. The van der Waals surface area contributed by atoms with E-state index in [4.69, 9.17) is 0 Å². The largest absolute Gasteiger partial charge is 0.383 e. The number of thioether (sulfide) groups is 1. The molecule has 21 heavy (non-hydrogen) atoms. The molecule has 1 aliphatic rings. The zero-order valence-electron chi connectivity index (χ0n) is 12.0. The van der Waals surface area contributed by atoms with Crippen LogP contribution in [0.4, 0.5) is 5.69 Å². The Morgan fingerprint density at radius 2 is 1.86 bits per heavy atom. The molecule has 1 saturated heterocycles. The van der Waals surface area contributed by atoms with Crippen molar-refractivity contribution in [1.82, 2.24) is 4.90 Å². The number of nitriles is 1. The van der Waals surface area contributed by atoms with Gasteiger partial charge in [-0.2, -0.15) is 17.0 Å². The first kappa shape index (κ1) is 14.2. The fourth-order valence-electron chi connectivity index (χ4n) is 2.72. The van der Waals surface area contributed by atoms with Crippen molar-refractivity contribution in [3.05, 3.63) is 42.0 Å². The van der Waals surface area contributed by atoms with Crippen molar-refractivity contribution in [3.8, 4) is 6.07 Å². The molecule has 1 N–H and O–H groups in total. The van der Waals surface area contributed by atoms with Crippen LogP contribution in [0.2, 0.25) is 0 Å². The van der Waals surface area contributed by atoms with Crippen LogP contribution in [-0.4, -0.2) is 42.6 Å². The van der Waals surface area contributed by atoms with Crippen molar-refractivity contribution in [1.29, 1.82) is 5.26 Å². The van der Waals surface area contributed by atoms with Crippen LogP contribution in [0.15, 0.2) is 36.4 Å². The molecule has 3 nitrogen and oxygen atoms in total. The molecule has 4 heteroatoms. The summed E-state index contributed by atoms with van der Waals surface area (Å²) in [6.45, 7) is 4.41. The number of hydrogen-bond acceptors (Lipinski definition) is 4. The maximum absolute atomic E-state index is 9.19. The van der Waals surface area contributed by atoms with E-state index in [0.717, 1.165) is 35.1 Å². The third-order valence-corrected chi connectivity index (χ3v) is 4.83. The molecule has 3 rings (SSSR count). The van der Waals surface area contributed by atoms with Gasteiger partial charge < -0.3 is 5.32 Å². The van der Waals surface area contributed by atoms with Gasteiger partial charge in [-0.15, -0.1) is 0 Å². The van der Waals surface area contributed by atoms with Gasteiger partial charge in [-0.3, -0.25) is 4.90 Å².